The van der Waals surface area contributed by atoms with E-state index in [1.54, 1.807) is 12.1 Å². The summed E-state index contributed by atoms with van der Waals surface area (Å²) in [5, 5.41) is 3.11. The molecule has 26 heavy (non-hydrogen) atoms. The lowest BCUT2D eigenvalue weighted by Gasteiger charge is -2.12. The Morgan fingerprint density at radius 1 is 1.27 bits per heavy atom. The SMILES string of the molecule is COc1cccc(/C=C/C(=O)Nc2c(C)cc(C)cc2Cl)c1OC(F)F. The van der Waals surface area contributed by atoms with Crippen LogP contribution in [0.15, 0.2) is 36.4 Å². The normalized spacial score (nSPS) is 11.0. The molecular formula is C19H18ClF2NO3. The fourth-order valence-corrected chi connectivity index (χ4v) is 2.81. The lowest BCUT2D eigenvalue weighted by molar-refractivity contribution is -0.111. The molecule has 0 aliphatic carbocycles. The standard InChI is InChI=1S/C19H18ClF2NO3/c1-11-9-12(2)17(14(20)10-11)23-16(24)8-7-13-5-4-6-15(25-3)18(13)26-19(21)22/h4-10,19H,1-3H3,(H,23,24)/b8-7+. The molecular weight excluding hydrogens is 364 g/mol. The number of halogens is 3. The first-order valence-corrected chi connectivity index (χ1v) is 8.07. The molecule has 2 aromatic carbocycles. The number of anilines is 1. The number of methoxy groups -OCH3 is 1. The summed E-state index contributed by atoms with van der Waals surface area (Å²) in [6.07, 6.45) is 2.58. The number of carbonyl (C=O) groups excluding carboxylic acids is 1. The molecule has 0 unspecified atom stereocenters. The van der Waals surface area contributed by atoms with Gasteiger partial charge in [-0.05, 0) is 43.2 Å². The monoisotopic (exact) mass is 381 g/mol. The van der Waals surface area contributed by atoms with Crippen LogP contribution in [0.4, 0.5) is 14.5 Å². The van der Waals surface area contributed by atoms with Crippen LogP contribution in [0, 0.1) is 13.8 Å². The van der Waals surface area contributed by atoms with Gasteiger partial charge in [0.15, 0.2) is 11.5 Å². The van der Waals surface area contributed by atoms with E-state index >= 15 is 0 Å². The largest absolute Gasteiger partial charge is 0.493 e. The maximum absolute atomic E-state index is 12.6. The van der Waals surface area contributed by atoms with Crippen molar-refractivity contribution >= 4 is 29.3 Å². The Hall–Kier alpha value is -2.60. The Morgan fingerprint density at radius 3 is 2.62 bits per heavy atom. The molecule has 7 heteroatoms. The van der Waals surface area contributed by atoms with Crippen LogP contribution in [-0.4, -0.2) is 19.6 Å². The fraction of sp³-hybridized carbons (Fsp3) is 0.211. The minimum Gasteiger partial charge on any atom is -0.493 e. The minimum atomic E-state index is -3.01. The highest BCUT2D eigenvalue weighted by Gasteiger charge is 2.14. The fourth-order valence-electron chi connectivity index (χ4n) is 2.44. The van der Waals surface area contributed by atoms with Crippen molar-refractivity contribution in [1.82, 2.24) is 0 Å². The van der Waals surface area contributed by atoms with Gasteiger partial charge in [0.05, 0.1) is 17.8 Å². The van der Waals surface area contributed by atoms with E-state index in [0.29, 0.717) is 10.7 Å². The summed E-state index contributed by atoms with van der Waals surface area (Å²) in [5.74, 6) is -0.450. The summed E-state index contributed by atoms with van der Waals surface area (Å²) in [7, 11) is 1.34. The number of hydrogen-bond acceptors (Lipinski definition) is 3. The van der Waals surface area contributed by atoms with E-state index in [1.807, 2.05) is 19.9 Å². The summed E-state index contributed by atoms with van der Waals surface area (Å²) in [6, 6.07) is 8.26. The molecule has 0 saturated carbocycles. The number of carbonyl (C=O) groups is 1. The highest BCUT2D eigenvalue weighted by atomic mass is 35.5. The Labute approximate surface area is 155 Å². The van der Waals surface area contributed by atoms with Crippen LogP contribution >= 0.6 is 11.6 Å². The molecule has 0 radical (unpaired) electrons. The molecule has 0 aliphatic heterocycles. The highest BCUT2D eigenvalue weighted by Crippen LogP contribution is 2.33. The summed E-state index contributed by atoms with van der Waals surface area (Å²) in [5.41, 5.74) is 2.58. The van der Waals surface area contributed by atoms with Crippen molar-refractivity contribution in [3.05, 3.63) is 58.1 Å². The van der Waals surface area contributed by atoms with Gasteiger partial charge in [0.2, 0.25) is 5.91 Å². The minimum absolute atomic E-state index is 0.140. The zero-order valence-corrected chi connectivity index (χ0v) is 15.2. The number of hydrogen-bond donors (Lipinski definition) is 1. The van der Waals surface area contributed by atoms with Crippen LogP contribution in [-0.2, 0) is 4.79 Å². The number of nitrogens with one attached hydrogen (secondary N) is 1. The first kappa shape index (κ1) is 19.7. The maximum atomic E-state index is 12.6. The third-order valence-electron chi connectivity index (χ3n) is 3.53. The van der Waals surface area contributed by atoms with Gasteiger partial charge in [-0.25, -0.2) is 0 Å². The molecule has 0 saturated heterocycles. The van der Waals surface area contributed by atoms with Crippen molar-refractivity contribution in [1.29, 1.82) is 0 Å². The molecule has 0 aromatic heterocycles. The number of ether oxygens (including phenoxy) is 2. The van der Waals surface area contributed by atoms with Crippen molar-refractivity contribution in [2.24, 2.45) is 0 Å². The number of amides is 1. The molecule has 2 rings (SSSR count). The van der Waals surface area contributed by atoms with Gasteiger partial charge in [-0.1, -0.05) is 29.8 Å². The predicted octanol–water partition coefficient (Wildman–Crippen LogP) is 5.22. The second-order valence-electron chi connectivity index (χ2n) is 5.52. The van der Waals surface area contributed by atoms with Crippen molar-refractivity contribution in [3.8, 4) is 11.5 Å². The Bertz CT molecular complexity index is 815. The third kappa shape index (κ3) is 4.95. The smallest absolute Gasteiger partial charge is 0.387 e. The van der Waals surface area contributed by atoms with Crippen molar-refractivity contribution in [3.63, 3.8) is 0 Å². The molecule has 0 aliphatic rings. The molecule has 0 bridgehead atoms. The number of benzene rings is 2. The number of rotatable bonds is 6. The molecule has 1 N–H and O–H groups in total. The first-order valence-electron chi connectivity index (χ1n) is 7.69. The van der Waals surface area contributed by atoms with Crippen molar-refractivity contribution in [2.75, 3.05) is 12.4 Å². The zero-order chi connectivity index (χ0) is 19.3. The average molecular weight is 382 g/mol. The quantitative estimate of drug-likeness (QED) is 0.698. The first-order chi connectivity index (χ1) is 12.3. The van der Waals surface area contributed by atoms with Crippen LogP contribution < -0.4 is 14.8 Å². The summed E-state index contributed by atoms with van der Waals surface area (Å²) in [6.45, 7) is 0.716. The predicted molar refractivity (Wildman–Crippen MR) is 98.2 cm³/mol. The Balaban J connectivity index is 2.23. The number of para-hydroxylation sites is 1. The molecule has 0 heterocycles. The van der Waals surface area contributed by atoms with E-state index in [9.17, 15) is 13.6 Å². The zero-order valence-electron chi connectivity index (χ0n) is 14.5. The highest BCUT2D eigenvalue weighted by molar-refractivity contribution is 6.34. The molecule has 1 amide bonds. The maximum Gasteiger partial charge on any atom is 0.387 e. The molecule has 0 fully saturated rings. The van der Waals surface area contributed by atoms with E-state index in [-0.39, 0.29) is 17.1 Å². The number of alkyl halides is 2. The summed E-state index contributed by atoms with van der Waals surface area (Å²) >= 11 is 6.16. The molecule has 2 aromatic rings. The molecule has 4 nitrogen and oxygen atoms in total. The van der Waals surface area contributed by atoms with Crippen LogP contribution in [0.5, 0.6) is 11.5 Å². The van der Waals surface area contributed by atoms with E-state index < -0.39 is 12.5 Å². The van der Waals surface area contributed by atoms with Gasteiger partial charge in [-0.3, -0.25) is 4.79 Å². The second kappa shape index (κ2) is 8.67. The summed E-state index contributed by atoms with van der Waals surface area (Å²) < 4.78 is 34.8. The lowest BCUT2D eigenvalue weighted by Crippen LogP contribution is -2.10. The third-order valence-corrected chi connectivity index (χ3v) is 3.83. The van der Waals surface area contributed by atoms with Gasteiger partial charge < -0.3 is 14.8 Å². The van der Waals surface area contributed by atoms with Crippen LogP contribution in [0.2, 0.25) is 5.02 Å². The summed E-state index contributed by atoms with van der Waals surface area (Å²) in [4.78, 5) is 12.2. The van der Waals surface area contributed by atoms with Gasteiger partial charge in [0.1, 0.15) is 0 Å². The van der Waals surface area contributed by atoms with Crippen molar-refractivity contribution < 1.29 is 23.0 Å². The van der Waals surface area contributed by atoms with E-state index in [4.69, 9.17) is 16.3 Å². The Morgan fingerprint density at radius 2 is 2.00 bits per heavy atom. The van der Waals surface area contributed by atoms with E-state index in [1.165, 1.54) is 31.4 Å². The topological polar surface area (TPSA) is 47.6 Å². The van der Waals surface area contributed by atoms with Crippen LogP contribution in [0.3, 0.4) is 0 Å². The van der Waals surface area contributed by atoms with Crippen LogP contribution in [0.1, 0.15) is 16.7 Å². The van der Waals surface area contributed by atoms with Gasteiger partial charge in [-0.15, -0.1) is 0 Å². The van der Waals surface area contributed by atoms with Gasteiger partial charge in [0, 0.05) is 11.6 Å². The van der Waals surface area contributed by atoms with E-state index in [0.717, 1.165) is 11.1 Å². The lowest BCUT2D eigenvalue weighted by atomic mass is 10.1. The number of aryl methyl sites for hydroxylation is 2. The van der Waals surface area contributed by atoms with Gasteiger partial charge in [0.25, 0.3) is 0 Å². The molecule has 138 valence electrons. The average Bonchev–Trinajstić information content (AvgIpc) is 2.56. The van der Waals surface area contributed by atoms with Gasteiger partial charge in [-0.2, -0.15) is 8.78 Å². The van der Waals surface area contributed by atoms with Crippen LogP contribution in [0.25, 0.3) is 6.08 Å². The second-order valence-corrected chi connectivity index (χ2v) is 5.93. The van der Waals surface area contributed by atoms with Crippen molar-refractivity contribution in [2.45, 2.75) is 20.5 Å². The molecule has 0 atom stereocenters. The van der Waals surface area contributed by atoms with E-state index in [2.05, 4.69) is 10.1 Å². The molecule has 0 spiro atoms. The Kier molecular flexibility index (Phi) is 6.58. The van der Waals surface area contributed by atoms with Gasteiger partial charge >= 0.3 is 6.61 Å².